The Morgan fingerprint density at radius 3 is 2.53 bits per heavy atom. The second-order valence-electron chi connectivity index (χ2n) is 4.53. The van der Waals surface area contributed by atoms with Crippen LogP contribution in [0.25, 0.3) is 0 Å². The molecular formula is C11H21NO3. The molecule has 1 aliphatic heterocycles. The van der Waals surface area contributed by atoms with Crippen LogP contribution in [0, 0.1) is 5.92 Å². The first-order chi connectivity index (χ1) is 7.02. The largest absolute Gasteiger partial charge is 0.356 e. The molecule has 1 saturated heterocycles. The third-order valence-corrected chi connectivity index (χ3v) is 2.39. The van der Waals surface area contributed by atoms with Crippen molar-refractivity contribution in [2.75, 3.05) is 19.8 Å². The van der Waals surface area contributed by atoms with E-state index in [1.165, 1.54) is 0 Å². The molecule has 1 fully saturated rings. The van der Waals surface area contributed by atoms with Gasteiger partial charge in [0, 0.05) is 19.4 Å². The lowest BCUT2D eigenvalue weighted by molar-refractivity contribution is -0.146. The molecule has 88 valence electrons. The van der Waals surface area contributed by atoms with Gasteiger partial charge in [-0.2, -0.15) is 0 Å². The van der Waals surface area contributed by atoms with Crippen molar-refractivity contribution < 1.29 is 14.3 Å². The van der Waals surface area contributed by atoms with E-state index in [9.17, 15) is 4.79 Å². The van der Waals surface area contributed by atoms with E-state index in [4.69, 9.17) is 9.47 Å². The third kappa shape index (κ3) is 4.62. The average molecular weight is 215 g/mol. The highest BCUT2D eigenvalue weighted by Gasteiger charge is 2.30. The Morgan fingerprint density at radius 1 is 1.40 bits per heavy atom. The number of hydrogen-bond acceptors (Lipinski definition) is 3. The smallest absolute Gasteiger partial charge is 0.220 e. The van der Waals surface area contributed by atoms with Crippen LogP contribution in [0.2, 0.25) is 0 Å². The lowest BCUT2D eigenvalue weighted by Gasteiger charge is -2.22. The molecule has 1 amide bonds. The van der Waals surface area contributed by atoms with Crippen LogP contribution >= 0.6 is 0 Å². The van der Waals surface area contributed by atoms with Gasteiger partial charge in [-0.1, -0.05) is 13.8 Å². The van der Waals surface area contributed by atoms with Gasteiger partial charge in [-0.15, -0.1) is 0 Å². The van der Waals surface area contributed by atoms with Gasteiger partial charge in [0.05, 0.1) is 13.2 Å². The Hall–Kier alpha value is -0.610. The maximum absolute atomic E-state index is 11.3. The number of rotatable bonds is 5. The summed E-state index contributed by atoms with van der Waals surface area (Å²) in [4.78, 5) is 11.3. The van der Waals surface area contributed by atoms with Crippen molar-refractivity contribution in [1.29, 1.82) is 0 Å². The number of nitrogens with one attached hydrogen (secondary N) is 1. The lowest BCUT2D eigenvalue weighted by atomic mass is 10.1. The van der Waals surface area contributed by atoms with E-state index in [1.54, 1.807) is 0 Å². The van der Waals surface area contributed by atoms with Gasteiger partial charge in [-0.3, -0.25) is 4.79 Å². The predicted molar refractivity (Wildman–Crippen MR) is 57.4 cm³/mol. The molecule has 0 atom stereocenters. The summed E-state index contributed by atoms with van der Waals surface area (Å²) in [6, 6.07) is 0. The third-order valence-electron chi connectivity index (χ3n) is 2.39. The molecule has 0 aromatic rings. The first kappa shape index (κ1) is 12.5. The van der Waals surface area contributed by atoms with Crippen molar-refractivity contribution in [3.8, 4) is 0 Å². The van der Waals surface area contributed by atoms with Crippen LogP contribution < -0.4 is 5.32 Å². The fraction of sp³-hybridized carbons (Fsp3) is 0.909. The zero-order chi connectivity index (χ0) is 11.3. The van der Waals surface area contributed by atoms with Crippen LogP contribution in [0.15, 0.2) is 0 Å². The van der Waals surface area contributed by atoms with Crippen LogP contribution in [0.1, 0.15) is 33.6 Å². The molecule has 1 rings (SSSR count). The van der Waals surface area contributed by atoms with Gasteiger partial charge >= 0.3 is 0 Å². The molecule has 0 aliphatic carbocycles. The zero-order valence-electron chi connectivity index (χ0n) is 9.84. The average Bonchev–Trinajstić information content (AvgIpc) is 2.51. The Labute approximate surface area is 91.3 Å². The Balaban J connectivity index is 2.12. The van der Waals surface area contributed by atoms with E-state index in [1.807, 2.05) is 20.8 Å². The molecule has 4 heteroatoms. The van der Waals surface area contributed by atoms with E-state index >= 15 is 0 Å². The summed E-state index contributed by atoms with van der Waals surface area (Å²) in [6.07, 6.45) is 1.29. The molecule has 1 heterocycles. The van der Waals surface area contributed by atoms with Crippen LogP contribution in [0.3, 0.4) is 0 Å². The highest BCUT2D eigenvalue weighted by atomic mass is 16.7. The summed E-state index contributed by atoms with van der Waals surface area (Å²) >= 11 is 0. The Kier molecular flexibility index (Phi) is 4.54. The minimum Gasteiger partial charge on any atom is -0.356 e. The maximum atomic E-state index is 11.3. The topological polar surface area (TPSA) is 47.6 Å². The zero-order valence-corrected chi connectivity index (χ0v) is 9.84. The first-order valence-electron chi connectivity index (χ1n) is 5.56. The van der Waals surface area contributed by atoms with Gasteiger partial charge in [0.25, 0.3) is 0 Å². The van der Waals surface area contributed by atoms with Crippen LogP contribution in [-0.2, 0) is 14.3 Å². The second-order valence-corrected chi connectivity index (χ2v) is 4.53. The summed E-state index contributed by atoms with van der Waals surface area (Å²) in [5.41, 5.74) is 0. The summed E-state index contributed by atoms with van der Waals surface area (Å²) in [7, 11) is 0. The van der Waals surface area contributed by atoms with Crippen molar-refractivity contribution in [3.05, 3.63) is 0 Å². The summed E-state index contributed by atoms with van der Waals surface area (Å²) < 4.78 is 10.9. The number of hydrogen-bond donors (Lipinski definition) is 1. The highest BCUT2D eigenvalue weighted by Crippen LogP contribution is 2.21. The van der Waals surface area contributed by atoms with E-state index in [2.05, 4.69) is 5.32 Å². The first-order valence-corrected chi connectivity index (χ1v) is 5.56. The van der Waals surface area contributed by atoms with Crippen molar-refractivity contribution in [1.82, 2.24) is 5.32 Å². The predicted octanol–water partition coefficient (Wildman–Crippen LogP) is 1.30. The van der Waals surface area contributed by atoms with Crippen molar-refractivity contribution in [3.63, 3.8) is 0 Å². The summed E-state index contributed by atoms with van der Waals surface area (Å²) in [5.74, 6) is 0.0108. The molecule has 0 bridgehead atoms. The van der Waals surface area contributed by atoms with Crippen molar-refractivity contribution in [2.45, 2.75) is 39.4 Å². The molecular weight excluding hydrogens is 194 g/mol. The van der Waals surface area contributed by atoms with Crippen LogP contribution in [-0.4, -0.2) is 31.5 Å². The standard InChI is InChI=1S/C11H21NO3/c1-9(2)8-10(13)12-5-4-11(3)14-6-7-15-11/h9H,4-8H2,1-3H3,(H,12,13). The van der Waals surface area contributed by atoms with Gasteiger partial charge in [-0.05, 0) is 12.8 Å². The molecule has 1 N–H and O–H groups in total. The fourth-order valence-corrected chi connectivity index (χ4v) is 1.57. The summed E-state index contributed by atoms with van der Waals surface area (Å²) in [5, 5.41) is 2.87. The van der Waals surface area contributed by atoms with Gasteiger partial charge in [0.1, 0.15) is 0 Å². The van der Waals surface area contributed by atoms with Gasteiger partial charge in [-0.25, -0.2) is 0 Å². The number of carbonyl (C=O) groups excluding carboxylic acids is 1. The van der Waals surface area contributed by atoms with E-state index in [0.29, 0.717) is 38.5 Å². The SMILES string of the molecule is CC(C)CC(=O)NCCC1(C)OCCO1. The maximum Gasteiger partial charge on any atom is 0.220 e. The van der Waals surface area contributed by atoms with E-state index in [-0.39, 0.29) is 5.91 Å². The molecule has 0 aromatic heterocycles. The fourth-order valence-electron chi connectivity index (χ4n) is 1.57. The Bertz CT molecular complexity index is 210. The molecule has 15 heavy (non-hydrogen) atoms. The van der Waals surface area contributed by atoms with Gasteiger partial charge in [0.2, 0.25) is 5.91 Å². The monoisotopic (exact) mass is 215 g/mol. The van der Waals surface area contributed by atoms with Crippen LogP contribution in [0.5, 0.6) is 0 Å². The number of carbonyl (C=O) groups is 1. The molecule has 0 saturated carbocycles. The minimum absolute atomic E-state index is 0.103. The molecule has 0 aromatic carbocycles. The molecule has 4 nitrogen and oxygen atoms in total. The number of amides is 1. The molecule has 1 aliphatic rings. The van der Waals surface area contributed by atoms with Crippen molar-refractivity contribution in [2.24, 2.45) is 5.92 Å². The van der Waals surface area contributed by atoms with Crippen LogP contribution in [0.4, 0.5) is 0 Å². The molecule has 0 unspecified atom stereocenters. The molecule has 0 radical (unpaired) electrons. The number of ether oxygens (including phenoxy) is 2. The summed E-state index contributed by atoms with van der Waals surface area (Å²) in [6.45, 7) is 7.89. The quantitative estimate of drug-likeness (QED) is 0.752. The normalized spacial score (nSPS) is 19.5. The second kappa shape index (κ2) is 5.47. The van der Waals surface area contributed by atoms with E-state index < -0.39 is 5.79 Å². The van der Waals surface area contributed by atoms with E-state index in [0.717, 1.165) is 0 Å². The van der Waals surface area contributed by atoms with Gasteiger partial charge in [0.15, 0.2) is 5.79 Å². The van der Waals surface area contributed by atoms with Crippen molar-refractivity contribution >= 4 is 5.91 Å². The minimum atomic E-state index is -0.495. The highest BCUT2D eigenvalue weighted by molar-refractivity contribution is 5.75. The lowest BCUT2D eigenvalue weighted by Crippen LogP contribution is -2.33. The van der Waals surface area contributed by atoms with Gasteiger partial charge < -0.3 is 14.8 Å². The Morgan fingerprint density at radius 2 is 2.00 bits per heavy atom. The molecule has 0 spiro atoms.